The number of thiocarbonyl (C=S) groups is 1. The molecule has 0 saturated carbocycles. The van der Waals surface area contributed by atoms with Crippen LogP contribution in [0.2, 0.25) is 0 Å². The molecule has 1 aromatic heterocycles. The van der Waals surface area contributed by atoms with Gasteiger partial charge in [-0.25, -0.2) is 4.79 Å². The highest BCUT2D eigenvalue weighted by Crippen LogP contribution is 2.36. The quantitative estimate of drug-likeness (QED) is 0.243. The number of benzene rings is 2. The Balaban J connectivity index is 1.54. The molecule has 30 heavy (non-hydrogen) atoms. The van der Waals surface area contributed by atoms with Gasteiger partial charge in [0.1, 0.15) is 11.5 Å². The highest BCUT2D eigenvalue weighted by Gasteiger charge is 2.33. The summed E-state index contributed by atoms with van der Waals surface area (Å²) in [7, 11) is 1.58. The number of thioether (sulfide) groups is 1. The molecule has 0 bridgehead atoms. The minimum atomic E-state index is -0.594. The Hall–Kier alpha value is -3.36. The van der Waals surface area contributed by atoms with Crippen LogP contribution in [0, 0.1) is 0 Å². The molecule has 0 N–H and O–H groups in total. The van der Waals surface area contributed by atoms with Crippen molar-refractivity contribution in [3.63, 3.8) is 0 Å². The van der Waals surface area contributed by atoms with Gasteiger partial charge in [-0.15, -0.1) is 0 Å². The fraction of sp³-hybridized carbons (Fsp3) is 0.0455. The second-order valence-electron chi connectivity index (χ2n) is 6.15. The van der Waals surface area contributed by atoms with E-state index in [4.69, 9.17) is 26.1 Å². The lowest BCUT2D eigenvalue weighted by atomic mass is 10.2. The Morgan fingerprint density at radius 1 is 1.10 bits per heavy atom. The number of hydrogen-bond acceptors (Lipinski definition) is 7. The lowest BCUT2D eigenvalue weighted by Gasteiger charge is -2.14. The van der Waals surface area contributed by atoms with Crippen molar-refractivity contribution < 1.29 is 23.5 Å². The molecule has 6 nitrogen and oxygen atoms in total. The maximum absolute atomic E-state index is 12.9. The van der Waals surface area contributed by atoms with Gasteiger partial charge >= 0.3 is 5.97 Å². The molecule has 1 fully saturated rings. The van der Waals surface area contributed by atoms with Gasteiger partial charge in [-0.2, -0.15) is 0 Å². The molecule has 0 spiro atoms. The largest absolute Gasteiger partial charge is 0.497 e. The summed E-state index contributed by atoms with van der Waals surface area (Å²) in [5.74, 6) is 0.341. The molecule has 1 aliphatic heterocycles. The van der Waals surface area contributed by atoms with Crippen molar-refractivity contribution in [3.8, 4) is 11.5 Å². The summed E-state index contributed by atoms with van der Waals surface area (Å²) < 4.78 is 16.0. The Morgan fingerprint density at radius 3 is 2.60 bits per heavy atom. The summed E-state index contributed by atoms with van der Waals surface area (Å²) in [5.41, 5.74) is 1.37. The number of ether oxygens (including phenoxy) is 2. The molecule has 0 atom stereocenters. The van der Waals surface area contributed by atoms with Crippen molar-refractivity contribution in [1.29, 1.82) is 0 Å². The summed E-state index contributed by atoms with van der Waals surface area (Å²) in [5, 5.41) is 0. The zero-order valence-corrected chi connectivity index (χ0v) is 17.4. The molecule has 4 rings (SSSR count). The molecule has 0 radical (unpaired) electrons. The van der Waals surface area contributed by atoms with Crippen LogP contribution in [0.5, 0.6) is 11.5 Å². The Kier molecular flexibility index (Phi) is 5.69. The van der Waals surface area contributed by atoms with Gasteiger partial charge in [0.2, 0.25) is 5.76 Å². The van der Waals surface area contributed by atoms with Crippen LogP contribution in [0.25, 0.3) is 6.08 Å². The molecule has 1 saturated heterocycles. The van der Waals surface area contributed by atoms with E-state index in [9.17, 15) is 9.59 Å². The summed E-state index contributed by atoms with van der Waals surface area (Å²) in [4.78, 5) is 26.9. The molecule has 8 heteroatoms. The minimum absolute atomic E-state index is 0.112. The van der Waals surface area contributed by atoms with Crippen molar-refractivity contribution in [2.75, 3.05) is 12.0 Å². The topological polar surface area (TPSA) is 69.0 Å². The predicted molar refractivity (Wildman–Crippen MR) is 119 cm³/mol. The molecule has 0 unspecified atom stereocenters. The molecular formula is C22H15NO5S2. The van der Waals surface area contributed by atoms with Gasteiger partial charge in [0.25, 0.3) is 5.91 Å². The molecule has 2 aromatic carbocycles. The minimum Gasteiger partial charge on any atom is -0.497 e. The molecule has 1 aliphatic rings. The van der Waals surface area contributed by atoms with Crippen molar-refractivity contribution in [2.45, 2.75) is 0 Å². The number of nitrogens with zero attached hydrogens (tertiary/aromatic N) is 1. The van der Waals surface area contributed by atoms with E-state index in [0.29, 0.717) is 32.0 Å². The zero-order valence-electron chi connectivity index (χ0n) is 15.7. The first-order chi connectivity index (χ1) is 14.5. The van der Waals surface area contributed by atoms with E-state index < -0.39 is 5.97 Å². The number of hydrogen-bond donors (Lipinski definition) is 0. The van der Waals surface area contributed by atoms with E-state index in [1.54, 1.807) is 61.7 Å². The van der Waals surface area contributed by atoms with Crippen LogP contribution in [0.4, 0.5) is 5.69 Å². The maximum Gasteiger partial charge on any atom is 0.379 e. The summed E-state index contributed by atoms with van der Waals surface area (Å²) >= 11 is 6.61. The highest BCUT2D eigenvalue weighted by atomic mass is 32.2. The fourth-order valence-electron chi connectivity index (χ4n) is 2.79. The van der Waals surface area contributed by atoms with Gasteiger partial charge in [-0.05, 0) is 60.2 Å². The number of carbonyl (C=O) groups is 2. The zero-order chi connectivity index (χ0) is 21.1. The highest BCUT2D eigenvalue weighted by molar-refractivity contribution is 8.27. The number of anilines is 1. The average molecular weight is 437 g/mol. The van der Waals surface area contributed by atoms with Gasteiger partial charge in [0, 0.05) is 0 Å². The van der Waals surface area contributed by atoms with Gasteiger partial charge in [0.05, 0.1) is 24.0 Å². The molecule has 0 aliphatic carbocycles. The van der Waals surface area contributed by atoms with E-state index in [2.05, 4.69) is 0 Å². The number of rotatable bonds is 5. The molecular weight excluding hydrogens is 422 g/mol. The lowest BCUT2D eigenvalue weighted by molar-refractivity contribution is -0.113. The number of amides is 1. The van der Waals surface area contributed by atoms with Crippen LogP contribution in [0.3, 0.4) is 0 Å². The Bertz CT molecular complexity index is 1140. The third-order valence-corrected chi connectivity index (χ3v) is 5.52. The van der Waals surface area contributed by atoms with E-state index in [1.807, 2.05) is 6.07 Å². The smallest absolute Gasteiger partial charge is 0.379 e. The molecule has 150 valence electrons. The Labute approximate surface area is 182 Å². The first-order valence-corrected chi connectivity index (χ1v) is 10.1. The SMILES string of the molecule is COc1ccc(N2C(=O)/C(=C/c3cccc(OC(=O)c4ccco4)c3)SC2=S)cc1. The van der Waals surface area contributed by atoms with E-state index in [0.717, 1.165) is 0 Å². The van der Waals surface area contributed by atoms with Crippen LogP contribution in [-0.2, 0) is 4.79 Å². The Morgan fingerprint density at radius 2 is 1.90 bits per heavy atom. The monoisotopic (exact) mass is 437 g/mol. The van der Waals surface area contributed by atoms with Crippen LogP contribution in [-0.4, -0.2) is 23.3 Å². The number of methoxy groups -OCH3 is 1. The van der Waals surface area contributed by atoms with E-state index in [-0.39, 0.29) is 11.7 Å². The lowest BCUT2D eigenvalue weighted by Crippen LogP contribution is -2.27. The van der Waals surface area contributed by atoms with Gasteiger partial charge < -0.3 is 13.9 Å². The van der Waals surface area contributed by atoms with Crippen molar-refractivity contribution in [1.82, 2.24) is 0 Å². The second-order valence-corrected chi connectivity index (χ2v) is 7.83. The van der Waals surface area contributed by atoms with Crippen molar-refractivity contribution >= 4 is 51.9 Å². The average Bonchev–Trinajstić information content (AvgIpc) is 3.37. The summed E-state index contributed by atoms with van der Waals surface area (Å²) in [6.07, 6.45) is 3.12. The maximum atomic E-state index is 12.9. The van der Waals surface area contributed by atoms with Crippen LogP contribution in [0.1, 0.15) is 16.1 Å². The third kappa shape index (κ3) is 4.14. The summed E-state index contributed by atoms with van der Waals surface area (Å²) in [6, 6.07) is 17.1. The number of esters is 1. The molecule has 3 aromatic rings. The van der Waals surface area contributed by atoms with Crippen LogP contribution in [0.15, 0.2) is 76.2 Å². The normalized spacial score (nSPS) is 15.0. The first-order valence-electron chi connectivity index (χ1n) is 8.83. The standard InChI is InChI=1S/C22H15NO5S2/c1-26-16-9-7-15(8-10-16)23-20(24)19(30-22(23)29)13-14-4-2-5-17(12-14)28-21(25)18-6-3-11-27-18/h2-13H,1H3/b19-13-. The molecule has 2 heterocycles. The van der Waals surface area contributed by atoms with Crippen molar-refractivity contribution in [3.05, 3.63) is 83.2 Å². The number of furan rings is 1. The predicted octanol–water partition coefficient (Wildman–Crippen LogP) is 4.91. The molecule has 1 amide bonds. The van der Waals surface area contributed by atoms with Gasteiger partial charge in [-0.1, -0.05) is 36.1 Å². The van der Waals surface area contributed by atoms with Gasteiger partial charge in [0.15, 0.2) is 4.32 Å². The summed E-state index contributed by atoms with van der Waals surface area (Å²) in [6.45, 7) is 0. The van der Waals surface area contributed by atoms with Crippen LogP contribution >= 0.6 is 24.0 Å². The second kappa shape index (κ2) is 8.56. The third-order valence-electron chi connectivity index (χ3n) is 4.21. The van der Waals surface area contributed by atoms with Crippen molar-refractivity contribution in [2.24, 2.45) is 0 Å². The van der Waals surface area contributed by atoms with E-state index >= 15 is 0 Å². The number of carbonyl (C=O) groups excluding carboxylic acids is 2. The van der Waals surface area contributed by atoms with Crippen LogP contribution < -0.4 is 14.4 Å². The van der Waals surface area contributed by atoms with Gasteiger partial charge in [-0.3, -0.25) is 9.69 Å². The fourth-order valence-corrected chi connectivity index (χ4v) is 4.09. The first kappa shape index (κ1) is 19.9. The van der Waals surface area contributed by atoms with E-state index in [1.165, 1.54) is 29.0 Å².